The predicted molar refractivity (Wildman–Crippen MR) is 192 cm³/mol. The fourth-order valence-electron chi connectivity index (χ4n) is 6.34. The van der Waals surface area contributed by atoms with E-state index in [2.05, 4.69) is 108 Å². The Labute approximate surface area is 297 Å². The van der Waals surface area contributed by atoms with E-state index < -0.39 is 17.5 Å². The van der Waals surface area contributed by atoms with Gasteiger partial charge in [0, 0.05) is 28.2 Å². The van der Waals surface area contributed by atoms with Crippen LogP contribution in [0.3, 0.4) is 0 Å². The fraction of sp³-hybridized carbons (Fsp3) is 0.400. The van der Waals surface area contributed by atoms with Crippen LogP contribution in [-0.2, 0) is 16.8 Å². The number of carboxylic acid groups (broad SMARTS) is 1. The zero-order valence-electron chi connectivity index (χ0n) is 30.4. The Bertz CT molecular complexity index is 1620. The molecule has 4 aromatic rings. The molecule has 0 bridgehead atoms. The Balaban J connectivity index is 0.000000380. The summed E-state index contributed by atoms with van der Waals surface area (Å²) >= 11 is 0. The van der Waals surface area contributed by atoms with Gasteiger partial charge in [0.2, 0.25) is 0 Å². The van der Waals surface area contributed by atoms with Gasteiger partial charge in [-0.25, -0.2) is 4.79 Å². The number of benzene rings is 3. The largest absolute Gasteiger partial charge is 0.869 e. The van der Waals surface area contributed by atoms with Gasteiger partial charge in [0.15, 0.2) is 0 Å². The first-order valence-electron chi connectivity index (χ1n) is 16.4. The number of pyridine rings is 1. The van der Waals surface area contributed by atoms with Gasteiger partial charge in [0.25, 0.3) is 0 Å². The van der Waals surface area contributed by atoms with Crippen LogP contribution in [0.5, 0.6) is 11.5 Å². The van der Waals surface area contributed by atoms with Crippen molar-refractivity contribution < 1.29 is 36.9 Å². The average molecular weight is 698 g/mol. The van der Waals surface area contributed by atoms with E-state index >= 15 is 0 Å². The molecule has 4 N–H and O–H groups in total. The number of aryl methyl sites for hydroxylation is 6. The Morgan fingerprint density at radius 1 is 0.708 bits per heavy atom. The van der Waals surface area contributed by atoms with E-state index in [4.69, 9.17) is 10.1 Å². The second kappa shape index (κ2) is 16.9. The van der Waals surface area contributed by atoms with Gasteiger partial charge < -0.3 is 26.0 Å². The number of phenolic OH excluding ortho intramolecular Hbond substituents is 1. The first kappa shape index (κ1) is 40.2. The van der Waals surface area contributed by atoms with E-state index in [1.807, 2.05) is 27.7 Å². The second-order valence-corrected chi connectivity index (χ2v) is 13.5. The number of aromatic hydroxyl groups is 1. The number of aromatic carboxylic acids is 1. The summed E-state index contributed by atoms with van der Waals surface area (Å²) in [5.74, 6) is -2.60. The first-order valence-corrected chi connectivity index (χ1v) is 16.4. The Kier molecular flexibility index (Phi) is 14.1. The molecule has 261 valence electrons. The fourth-order valence-corrected chi connectivity index (χ4v) is 6.34. The number of carbonyl (C=O) groups is 1. The normalized spacial score (nSPS) is 12.1. The van der Waals surface area contributed by atoms with E-state index in [1.54, 1.807) is 0 Å². The van der Waals surface area contributed by atoms with Crippen LogP contribution >= 0.6 is 0 Å². The van der Waals surface area contributed by atoms with Gasteiger partial charge in [-0.15, -0.1) is 0 Å². The van der Waals surface area contributed by atoms with Crippen molar-refractivity contribution in [3.8, 4) is 11.5 Å². The average Bonchev–Trinajstić information content (AvgIpc) is 2.97. The van der Waals surface area contributed by atoms with Crippen LogP contribution in [0.15, 0.2) is 48.5 Å². The molecule has 1 radical (unpaired) electrons. The molecule has 0 saturated heterocycles. The van der Waals surface area contributed by atoms with E-state index in [0.29, 0.717) is 5.56 Å². The monoisotopic (exact) mass is 697 g/mol. The minimum atomic E-state index is -1.28. The third-order valence-corrected chi connectivity index (χ3v) is 8.50. The van der Waals surface area contributed by atoms with Crippen molar-refractivity contribution in [3.05, 3.63) is 110 Å². The Morgan fingerprint density at radius 3 is 1.44 bits per heavy atom. The van der Waals surface area contributed by atoms with E-state index in [0.717, 1.165) is 17.0 Å². The van der Waals surface area contributed by atoms with E-state index in [1.165, 1.54) is 50.8 Å². The third kappa shape index (κ3) is 9.54. The summed E-state index contributed by atoms with van der Waals surface area (Å²) in [6.07, 6.45) is 0. The number of nitrogens with one attached hydrogen (secondary N) is 2. The molecule has 1 aromatic heterocycles. The van der Waals surface area contributed by atoms with Gasteiger partial charge in [0.1, 0.15) is 5.75 Å². The maximum Gasteiger partial charge on any atom is 0.335 e. The number of aromatic nitrogens is 1. The number of carboxylic acids is 1. The quantitative estimate of drug-likeness (QED) is 0.138. The summed E-state index contributed by atoms with van der Waals surface area (Å²) in [6, 6.07) is 16.9. The summed E-state index contributed by atoms with van der Waals surface area (Å²) in [7, 11) is 0. The maximum absolute atomic E-state index is 11.7. The molecule has 7 nitrogen and oxygen atoms in total. The van der Waals surface area contributed by atoms with Crippen molar-refractivity contribution in [1.82, 2.24) is 4.98 Å². The summed E-state index contributed by atoms with van der Waals surface area (Å²) in [5, 5.41) is 37.7. The van der Waals surface area contributed by atoms with Crippen molar-refractivity contribution in [3.63, 3.8) is 0 Å². The summed E-state index contributed by atoms with van der Waals surface area (Å²) < 4.78 is 0. The maximum atomic E-state index is 11.7. The summed E-state index contributed by atoms with van der Waals surface area (Å²) in [4.78, 5) is 16.2. The van der Waals surface area contributed by atoms with Crippen LogP contribution in [0, 0.1) is 41.5 Å². The Morgan fingerprint density at radius 2 is 1.10 bits per heavy atom. The van der Waals surface area contributed by atoms with Gasteiger partial charge in [-0.1, -0.05) is 74.9 Å². The van der Waals surface area contributed by atoms with Crippen LogP contribution in [0.1, 0.15) is 132 Å². The van der Waals surface area contributed by atoms with Gasteiger partial charge in [-0.2, -0.15) is 0 Å². The first-order chi connectivity index (χ1) is 21.9. The van der Waals surface area contributed by atoms with Crippen molar-refractivity contribution in [2.24, 2.45) is 0 Å². The molecule has 4 rings (SSSR count). The van der Waals surface area contributed by atoms with Crippen molar-refractivity contribution >= 4 is 17.3 Å². The van der Waals surface area contributed by atoms with Crippen LogP contribution < -0.4 is 15.7 Å². The zero-order valence-corrected chi connectivity index (χ0v) is 31.5. The molecule has 0 aliphatic carbocycles. The standard InChI is InChI=1S/C27H35N3.C13H18O4.Co/c1-16-12-18(3)26(19(4)13-16)28-22(7)24-10-9-11-25(30-24)23(8)29-27-20(5)14-17(2)15-21(27)6;1-6(2)8-5-9(14)12(15)11(13(16)17)10(8)7(3)4;/h9-15,22-23,28-29H,1-8H3;5-7,14-15H,1-4H3,(H,16,17);/p-1. The van der Waals surface area contributed by atoms with Crippen molar-refractivity contribution in [2.75, 3.05) is 10.6 Å². The number of rotatable bonds is 9. The molecule has 48 heavy (non-hydrogen) atoms. The number of hydrogen-bond donors (Lipinski definition) is 4. The van der Waals surface area contributed by atoms with Crippen molar-refractivity contribution in [2.45, 2.75) is 107 Å². The smallest absolute Gasteiger partial charge is 0.335 e. The SMILES string of the molecule is CC(C)c1cc(O)c([O-])c(C(=O)O)c1C(C)C.Cc1cc(C)c(NC(C)c2cccc(C(C)Nc3c(C)cc(C)cc3C)n2)c(C)c1.[Co]. The summed E-state index contributed by atoms with van der Waals surface area (Å²) in [6.45, 7) is 24.8. The zero-order chi connectivity index (χ0) is 35.3. The number of phenols is 1. The topological polar surface area (TPSA) is 118 Å². The molecule has 0 saturated carbocycles. The van der Waals surface area contributed by atoms with Gasteiger partial charge in [-0.3, -0.25) is 4.98 Å². The molecule has 0 fully saturated rings. The van der Waals surface area contributed by atoms with E-state index in [9.17, 15) is 15.0 Å². The molecule has 0 aliphatic rings. The third-order valence-electron chi connectivity index (χ3n) is 8.50. The number of hydrogen-bond acceptors (Lipinski definition) is 6. The van der Waals surface area contributed by atoms with Gasteiger partial charge >= 0.3 is 5.97 Å². The molecular weight excluding hydrogens is 645 g/mol. The van der Waals surface area contributed by atoms with Crippen LogP contribution in [0.25, 0.3) is 0 Å². The van der Waals surface area contributed by atoms with Crippen LogP contribution in [0.2, 0.25) is 0 Å². The molecular formula is C40H52CoN3O4-. The molecule has 0 aliphatic heterocycles. The molecule has 2 atom stereocenters. The number of anilines is 2. The Hall–Kier alpha value is -4.01. The second-order valence-electron chi connectivity index (χ2n) is 13.5. The van der Waals surface area contributed by atoms with Crippen LogP contribution in [-0.4, -0.2) is 21.2 Å². The molecule has 3 aromatic carbocycles. The molecule has 0 amide bonds. The molecule has 2 unspecified atom stereocenters. The number of nitrogens with zero attached hydrogens (tertiary/aromatic N) is 1. The molecule has 1 heterocycles. The van der Waals surface area contributed by atoms with Crippen molar-refractivity contribution in [1.29, 1.82) is 0 Å². The summed E-state index contributed by atoms with van der Waals surface area (Å²) in [5.41, 5.74) is 13.1. The minimum absolute atomic E-state index is 0. The van der Waals surface area contributed by atoms with E-state index in [-0.39, 0.29) is 46.3 Å². The van der Waals surface area contributed by atoms with Gasteiger partial charge in [0.05, 0.1) is 29.0 Å². The predicted octanol–water partition coefficient (Wildman–Crippen LogP) is 9.69. The van der Waals surface area contributed by atoms with Crippen LogP contribution in [0.4, 0.5) is 11.4 Å². The molecule has 0 spiro atoms. The minimum Gasteiger partial charge on any atom is -0.869 e. The molecule has 8 heteroatoms. The van der Waals surface area contributed by atoms with Gasteiger partial charge in [-0.05, 0) is 119 Å².